The maximum atomic E-state index is 12.5. The smallest absolute Gasteiger partial charge is 0.224 e. The Morgan fingerprint density at radius 3 is 2.66 bits per heavy atom. The zero-order valence-electron chi connectivity index (χ0n) is 16.9. The Morgan fingerprint density at radius 1 is 1.17 bits per heavy atom. The number of halogens is 1. The molecule has 1 aliphatic heterocycles. The number of nitrogens with one attached hydrogen (secondary N) is 1. The number of methoxy groups -OCH3 is 1. The summed E-state index contributed by atoms with van der Waals surface area (Å²) in [6.45, 7) is 3.08. The van der Waals surface area contributed by atoms with Crippen LogP contribution in [0.3, 0.4) is 0 Å². The van der Waals surface area contributed by atoms with E-state index in [-0.39, 0.29) is 24.4 Å². The Morgan fingerprint density at radius 2 is 1.97 bits per heavy atom. The van der Waals surface area contributed by atoms with Gasteiger partial charge in [-0.25, -0.2) is 0 Å². The van der Waals surface area contributed by atoms with Crippen LogP contribution in [0.15, 0.2) is 48.5 Å². The first-order chi connectivity index (χ1) is 13.7. The summed E-state index contributed by atoms with van der Waals surface area (Å²) in [5, 5.41) is 3.31. The molecule has 0 aliphatic carbocycles. The van der Waals surface area contributed by atoms with E-state index < -0.39 is 0 Å². The lowest BCUT2D eigenvalue weighted by molar-refractivity contribution is -0.131. The topological polar surface area (TPSA) is 60.0 Å². The Labute approximate surface area is 178 Å². The molecule has 0 aromatic heterocycles. The molecule has 29 heavy (non-hydrogen) atoms. The van der Waals surface area contributed by atoms with Crippen molar-refractivity contribution in [2.75, 3.05) is 33.9 Å². The molecule has 1 N–H and O–H groups in total. The number of carbonyl (C=O) groups excluding carboxylic acids is 1. The maximum absolute atomic E-state index is 12.5. The number of amides is 1. The van der Waals surface area contributed by atoms with Gasteiger partial charge in [0.15, 0.2) is 11.5 Å². The van der Waals surface area contributed by atoms with E-state index in [2.05, 4.69) is 5.32 Å². The summed E-state index contributed by atoms with van der Waals surface area (Å²) in [6.07, 6.45) is 0.436. The maximum Gasteiger partial charge on any atom is 0.224 e. The van der Waals surface area contributed by atoms with Gasteiger partial charge in [0.05, 0.1) is 20.3 Å². The lowest BCUT2D eigenvalue weighted by Gasteiger charge is -2.26. The summed E-state index contributed by atoms with van der Waals surface area (Å²) < 4.78 is 16.8. The molecule has 1 unspecified atom stereocenters. The molecule has 1 heterocycles. The average Bonchev–Trinajstić information content (AvgIpc) is 2.74. The molecule has 0 bridgehead atoms. The number of benzene rings is 2. The molecular weight excluding hydrogens is 392 g/mol. The Balaban J connectivity index is 0.00000300. The van der Waals surface area contributed by atoms with Crippen molar-refractivity contribution in [2.24, 2.45) is 0 Å². The van der Waals surface area contributed by atoms with Crippen molar-refractivity contribution in [2.45, 2.75) is 25.6 Å². The number of ether oxygens (including phenoxy) is 3. The second kappa shape index (κ2) is 11.7. The number of rotatable bonds is 8. The van der Waals surface area contributed by atoms with Crippen LogP contribution in [0.1, 0.15) is 17.5 Å². The molecule has 1 atom stereocenters. The molecular formula is C22H29ClN2O4. The summed E-state index contributed by atoms with van der Waals surface area (Å²) in [5.41, 5.74) is 2.09. The fraction of sp³-hybridized carbons (Fsp3) is 0.409. The molecule has 1 amide bonds. The van der Waals surface area contributed by atoms with Gasteiger partial charge in [0, 0.05) is 32.6 Å². The van der Waals surface area contributed by atoms with E-state index in [0.29, 0.717) is 44.3 Å². The summed E-state index contributed by atoms with van der Waals surface area (Å²) in [6, 6.07) is 15.9. The van der Waals surface area contributed by atoms with Crippen LogP contribution in [0.2, 0.25) is 0 Å². The van der Waals surface area contributed by atoms with Crippen molar-refractivity contribution in [3.8, 4) is 11.5 Å². The highest BCUT2D eigenvalue weighted by molar-refractivity contribution is 5.85. The van der Waals surface area contributed by atoms with Crippen molar-refractivity contribution in [3.63, 3.8) is 0 Å². The fourth-order valence-corrected chi connectivity index (χ4v) is 3.14. The standard InChI is InChI=1S/C22H28N2O4.ClH/c1-24(22(25)13-19-16-27-11-10-23-19)14-18-8-9-20(21(12-18)26-2)28-15-17-6-4-3-5-7-17;/h3-9,12,19,23H,10-11,13-16H2,1-2H3;1H. The van der Waals surface area contributed by atoms with Crippen molar-refractivity contribution in [1.82, 2.24) is 10.2 Å². The Kier molecular flexibility index (Phi) is 9.25. The van der Waals surface area contributed by atoms with Crippen LogP contribution in [0.5, 0.6) is 11.5 Å². The molecule has 0 radical (unpaired) electrons. The van der Waals surface area contributed by atoms with Crippen LogP contribution in [0.25, 0.3) is 0 Å². The number of hydrogen-bond acceptors (Lipinski definition) is 5. The predicted molar refractivity (Wildman–Crippen MR) is 115 cm³/mol. The number of morpholine rings is 1. The largest absolute Gasteiger partial charge is 0.493 e. The van der Waals surface area contributed by atoms with E-state index in [9.17, 15) is 4.79 Å². The average molecular weight is 421 g/mol. The van der Waals surface area contributed by atoms with Gasteiger partial charge in [-0.2, -0.15) is 0 Å². The molecule has 1 aliphatic rings. The molecule has 1 saturated heterocycles. The zero-order valence-corrected chi connectivity index (χ0v) is 17.7. The van der Waals surface area contributed by atoms with Crippen molar-refractivity contribution < 1.29 is 19.0 Å². The van der Waals surface area contributed by atoms with Gasteiger partial charge < -0.3 is 24.4 Å². The van der Waals surface area contributed by atoms with Crippen molar-refractivity contribution >= 4 is 18.3 Å². The van der Waals surface area contributed by atoms with Crippen LogP contribution in [0, 0.1) is 0 Å². The molecule has 6 nitrogen and oxygen atoms in total. The summed E-state index contributed by atoms with van der Waals surface area (Å²) in [7, 11) is 3.44. The highest BCUT2D eigenvalue weighted by atomic mass is 35.5. The monoisotopic (exact) mass is 420 g/mol. The highest BCUT2D eigenvalue weighted by Crippen LogP contribution is 2.29. The zero-order chi connectivity index (χ0) is 19.8. The summed E-state index contributed by atoms with van der Waals surface area (Å²) >= 11 is 0. The Bertz CT molecular complexity index is 767. The van der Waals surface area contributed by atoms with E-state index >= 15 is 0 Å². The summed E-state index contributed by atoms with van der Waals surface area (Å²) in [5.74, 6) is 1.44. The quantitative estimate of drug-likeness (QED) is 0.711. The Hall–Kier alpha value is -2.28. The van der Waals surface area contributed by atoms with Crippen LogP contribution >= 0.6 is 12.4 Å². The first kappa shape index (κ1) is 23.0. The van der Waals surface area contributed by atoms with Gasteiger partial charge >= 0.3 is 0 Å². The van der Waals surface area contributed by atoms with E-state index in [0.717, 1.165) is 17.7 Å². The number of carbonyl (C=O) groups is 1. The van der Waals surface area contributed by atoms with Gasteiger partial charge in [-0.05, 0) is 23.3 Å². The summed E-state index contributed by atoms with van der Waals surface area (Å²) in [4.78, 5) is 14.2. The minimum Gasteiger partial charge on any atom is -0.493 e. The van der Waals surface area contributed by atoms with Gasteiger partial charge in [0.1, 0.15) is 6.61 Å². The van der Waals surface area contributed by atoms with Gasteiger partial charge in [-0.3, -0.25) is 4.79 Å². The molecule has 0 saturated carbocycles. The molecule has 2 aromatic carbocycles. The minimum absolute atomic E-state index is 0. The number of nitrogens with zero attached hydrogens (tertiary/aromatic N) is 1. The SMILES string of the molecule is COc1cc(CN(C)C(=O)CC2COCCN2)ccc1OCc1ccccc1.Cl. The first-order valence-corrected chi connectivity index (χ1v) is 9.54. The van der Waals surface area contributed by atoms with E-state index in [4.69, 9.17) is 14.2 Å². The first-order valence-electron chi connectivity index (χ1n) is 9.54. The second-order valence-electron chi connectivity index (χ2n) is 6.94. The molecule has 3 rings (SSSR count). The normalized spacial score (nSPS) is 15.9. The number of hydrogen-bond donors (Lipinski definition) is 1. The third-order valence-electron chi connectivity index (χ3n) is 4.73. The molecule has 7 heteroatoms. The highest BCUT2D eigenvalue weighted by Gasteiger charge is 2.19. The van der Waals surface area contributed by atoms with E-state index in [1.54, 1.807) is 12.0 Å². The molecule has 0 spiro atoms. The lowest BCUT2D eigenvalue weighted by atomic mass is 10.1. The minimum atomic E-state index is 0. The van der Waals surface area contributed by atoms with Crippen molar-refractivity contribution in [3.05, 3.63) is 59.7 Å². The van der Waals surface area contributed by atoms with Crippen molar-refractivity contribution in [1.29, 1.82) is 0 Å². The third-order valence-corrected chi connectivity index (χ3v) is 4.73. The van der Waals surface area contributed by atoms with Gasteiger partial charge in [0.25, 0.3) is 0 Å². The lowest BCUT2D eigenvalue weighted by Crippen LogP contribution is -2.44. The van der Waals surface area contributed by atoms with Crippen LogP contribution < -0.4 is 14.8 Å². The van der Waals surface area contributed by atoms with Gasteiger partial charge in [0.2, 0.25) is 5.91 Å². The van der Waals surface area contributed by atoms with Gasteiger partial charge in [-0.1, -0.05) is 36.4 Å². The van der Waals surface area contributed by atoms with E-state index in [1.807, 2.05) is 55.6 Å². The van der Waals surface area contributed by atoms with Crippen LogP contribution in [-0.4, -0.2) is 50.8 Å². The fourth-order valence-electron chi connectivity index (χ4n) is 3.14. The molecule has 2 aromatic rings. The predicted octanol–water partition coefficient (Wildman–Crippen LogP) is 3.03. The third kappa shape index (κ3) is 6.92. The van der Waals surface area contributed by atoms with Gasteiger partial charge in [-0.15, -0.1) is 12.4 Å². The second-order valence-corrected chi connectivity index (χ2v) is 6.94. The van der Waals surface area contributed by atoms with Crippen LogP contribution in [0.4, 0.5) is 0 Å². The van der Waals surface area contributed by atoms with E-state index in [1.165, 1.54) is 0 Å². The molecule has 1 fully saturated rings. The van der Waals surface area contributed by atoms with Crippen LogP contribution in [-0.2, 0) is 22.7 Å². The molecule has 158 valence electrons.